The Morgan fingerprint density at radius 1 is 1.17 bits per heavy atom. The zero-order valence-corrected chi connectivity index (χ0v) is 20.3. The Bertz CT molecular complexity index is 845. The third kappa shape index (κ3) is 7.47. The van der Waals surface area contributed by atoms with Crippen molar-refractivity contribution in [2.24, 2.45) is 4.99 Å². The van der Waals surface area contributed by atoms with Crippen LogP contribution in [0.5, 0.6) is 0 Å². The van der Waals surface area contributed by atoms with Crippen molar-refractivity contribution in [3.05, 3.63) is 76.5 Å². The van der Waals surface area contributed by atoms with Gasteiger partial charge < -0.3 is 14.8 Å². The average Bonchev–Trinajstić information content (AvgIpc) is 3.40. The van der Waals surface area contributed by atoms with Crippen molar-refractivity contribution in [1.29, 1.82) is 0 Å². The first-order valence-electron chi connectivity index (χ1n) is 9.74. The molecule has 1 N–H and O–H groups in total. The van der Waals surface area contributed by atoms with E-state index in [4.69, 9.17) is 0 Å². The van der Waals surface area contributed by atoms with Gasteiger partial charge >= 0.3 is 0 Å². The molecule has 0 atom stereocenters. The van der Waals surface area contributed by atoms with E-state index in [2.05, 4.69) is 85.8 Å². The molecule has 0 radical (unpaired) electrons. The molecule has 2 aromatic heterocycles. The number of hydrogen-bond acceptors (Lipinski definition) is 3. The number of nitrogens with zero attached hydrogens (tertiary/aromatic N) is 4. The molecule has 0 amide bonds. The summed E-state index contributed by atoms with van der Waals surface area (Å²) in [6.07, 6.45) is 7.15. The summed E-state index contributed by atoms with van der Waals surface area (Å²) in [6.45, 7) is 2.58. The van der Waals surface area contributed by atoms with Gasteiger partial charge in [0.25, 0.3) is 0 Å². The number of benzene rings is 1. The maximum Gasteiger partial charge on any atom is 0.193 e. The van der Waals surface area contributed by atoms with E-state index in [1.165, 1.54) is 10.4 Å². The Labute approximate surface area is 194 Å². The van der Waals surface area contributed by atoms with E-state index in [1.807, 2.05) is 13.2 Å². The summed E-state index contributed by atoms with van der Waals surface area (Å²) in [4.78, 5) is 12.5. The molecule has 7 heteroatoms. The molecule has 1 aromatic carbocycles. The number of nitrogens with one attached hydrogen (secondary N) is 1. The standard InChI is InChI=1S/C22H29N5S.HI/c1-23-22(26(2)15-12-20-11-7-17-28-20)25-18-21-24-13-16-27(21)14-6-10-19-8-4-3-5-9-19;/h3-5,7-9,11,13,16-17H,6,10,12,14-15,18H2,1-2H3,(H,23,25);1H. The number of likely N-dealkylation sites (N-methyl/N-ethyl adjacent to an activating group) is 1. The van der Waals surface area contributed by atoms with Crippen LogP contribution in [0, 0.1) is 0 Å². The van der Waals surface area contributed by atoms with Gasteiger partial charge in [0.05, 0.1) is 6.54 Å². The van der Waals surface area contributed by atoms with Crippen LogP contribution >= 0.6 is 35.3 Å². The van der Waals surface area contributed by atoms with Gasteiger partial charge in [0, 0.05) is 44.5 Å². The Morgan fingerprint density at radius 2 is 2.00 bits per heavy atom. The van der Waals surface area contributed by atoms with Crippen LogP contribution in [-0.4, -0.2) is 41.1 Å². The van der Waals surface area contributed by atoms with Crippen LogP contribution in [0.2, 0.25) is 0 Å². The summed E-state index contributed by atoms with van der Waals surface area (Å²) in [7, 11) is 3.91. The summed E-state index contributed by atoms with van der Waals surface area (Å²) in [6, 6.07) is 14.9. The summed E-state index contributed by atoms with van der Waals surface area (Å²) in [5, 5.41) is 5.57. The fraction of sp³-hybridized carbons (Fsp3) is 0.364. The van der Waals surface area contributed by atoms with Crippen LogP contribution in [0.1, 0.15) is 22.7 Å². The lowest BCUT2D eigenvalue weighted by Crippen LogP contribution is -2.39. The molecule has 5 nitrogen and oxygen atoms in total. The van der Waals surface area contributed by atoms with E-state index < -0.39 is 0 Å². The Morgan fingerprint density at radius 3 is 2.72 bits per heavy atom. The molecule has 3 aromatic rings. The maximum absolute atomic E-state index is 4.52. The highest BCUT2D eigenvalue weighted by Gasteiger charge is 2.09. The minimum Gasteiger partial charge on any atom is -0.349 e. The number of aliphatic imine (C=N–C) groups is 1. The minimum absolute atomic E-state index is 0. The molecule has 0 fully saturated rings. The van der Waals surface area contributed by atoms with Gasteiger partial charge in [-0.15, -0.1) is 35.3 Å². The average molecular weight is 523 g/mol. The van der Waals surface area contributed by atoms with Crippen molar-refractivity contribution in [2.45, 2.75) is 32.4 Å². The third-order valence-electron chi connectivity index (χ3n) is 4.76. The van der Waals surface area contributed by atoms with Gasteiger partial charge in [-0.3, -0.25) is 4.99 Å². The first-order valence-corrected chi connectivity index (χ1v) is 10.6. The van der Waals surface area contributed by atoms with Crippen molar-refractivity contribution in [3.8, 4) is 0 Å². The Balaban J connectivity index is 0.00000300. The van der Waals surface area contributed by atoms with Gasteiger partial charge in [-0.1, -0.05) is 36.4 Å². The lowest BCUT2D eigenvalue weighted by Gasteiger charge is -2.22. The number of thiophene rings is 1. The molecule has 2 heterocycles. The summed E-state index contributed by atoms with van der Waals surface area (Å²) in [5.41, 5.74) is 1.38. The molecular weight excluding hydrogens is 493 g/mol. The topological polar surface area (TPSA) is 45.5 Å². The van der Waals surface area contributed by atoms with Crippen LogP contribution < -0.4 is 5.32 Å². The molecule has 0 bridgehead atoms. The van der Waals surface area contributed by atoms with Gasteiger partial charge in [0.1, 0.15) is 5.82 Å². The van der Waals surface area contributed by atoms with Crippen LogP contribution in [0.15, 0.2) is 65.2 Å². The van der Waals surface area contributed by atoms with Crippen LogP contribution in [0.25, 0.3) is 0 Å². The highest BCUT2D eigenvalue weighted by molar-refractivity contribution is 14.0. The normalized spacial score (nSPS) is 11.2. The van der Waals surface area contributed by atoms with Crippen molar-refractivity contribution >= 4 is 41.3 Å². The van der Waals surface area contributed by atoms with Crippen molar-refractivity contribution < 1.29 is 0 Å². The minimum atomic E-state index is 0. The number of hydrogen-bond donors (Lipinski definition) is 1. The van der Waals surface area contributed by atoms with Gasteiger partial charge in [-0.05, 0) is 36.3 Å². The molecular formula is C22H30IN5S. The summed E-state index contributed by atoms with van der Waals surface area (Å²) in [5.74, 6) is 1.94. The second-order valence-electron chi connectivity index (χ2n) is 6.78. The highest BCUT2D eigenvalue weighted by Crippen LogP contribution is 2.10. The van der Waals surface area contributed by atoms with Crippen LogP contribution in [0.4, 0.5) is 0 Å². The highest BCUT2D eigenvalue weighted by atomic mass is 127. The van der Waals surface area contributed by atoms with E-state index in [0.29, 0.717) is 6.54 Å². The van der Waals surface area contributed by atoms with Gasteiger partial charge in [0.2, 0.25) is 0 Å². The van der Waals surface area contributed by atoms with E-state index in [9.17, 15) is 0 Å². The molecule has 0 saturated carbocycles. The number of halogens is 1. The van der Waals surface area contributed by atoms with Crippen molar-refractivity contribution in [2.75, 3.05) is 20.6 Å². The number of aryl methyl sites for hydroxylation is 2. The molecule has 0 aliphatic rings. The molecule has 29 heavy (non-hydrogen) atoms. The molecule has 156 valence electrons. The SMILES string of the molecule is CN=C(NCc1nccn1CCCc1ccccc1)N(C)CCc1cccs1.I. The zero-order valence-electron chi connectivity index (χ0n) is 17.1. The second-order valence-corrected chi connectivity index (χ2v) is 7.81. The van der Waals surface area contributed by atoms with E-state index in [-0.39, 0.29) is 24.0 Å². The molecule has 0 saturated heterocycles. The lowest BCUT2D eigenvalue weighted by molar-refractivity contribution is 0.482. The molecule has 0 spiro atoms. The largest absolute Gasteiger partial charge is 0.349 e. The summed E-state index contributed by atoms with van der Waals surface area (Å²) < 4.78 is 2.23. The Kier molecular flexibility index (Phi) is 10.2. The molecule has 0 unspecified atom stereocenters. The monoisotopic (exact) mass is 523 g/mol. The second kappa shape index (κ2) is 12.6. The number of imidazole rings is 1. The van der Waals surface area contributed by atoms with Crippen LogP contribution in [0.3, 0.4) is 0 Å². The first kappa shape index (κ1) is 23.4. The third-order valence-corrected chi connectivity index (χ3v) is 5.70. The smallest absolute Gasteiger partial charge is 0.193 e. The predicted octanol–water partition coefficient (Wildman–Crippen LogP) is 4.45. The zero-order chi connectivity index (χ0) is 19.6. The summed E-state index contributed by atoms with van der Waals surface area (Å²) >= 11 is 1.80. The van der Waals surface area contributed by atoms with Gasteiger partial charge in [-0.2, -0.15) is 0 Å². The first-order chi connectivity index (χ1) is 13.8. The van der Waals surface area contributed by atoms with Crippen molar-refractivity contribution in [3.63, 3.8) is 0 Å². The maximum atomic E-state index is 4.52. The fourth-order valence-electron chi connectivity index (χ4n) is 3.19. The molecule has 0 aliphatic carbocycles. The molecule has 0 aliphatic heterocycles. The van der Waals surface area contributed by atoms with Gasteiger partial charge in [-0.25, -0.2) is 4.98 Å². The number of aromatic nitrogens is 2. The Hall–Kier alpha value is -1.87. The quantitative estimate of drug-likeness (QED) is 0.256. The molecule has 3 rings (SSSR count). The predicted molar refractivity (Wildman–Crippen MR) is 133 cm³/mol. The lowest BCUT2D eigenvalue weighted by atomic mass is 10.1. The number of rotatable bonds is 9. The van der Waals surface area contributed by atoms with E-state index in [1.54, 1.807) is 11.3 Å². The van der Waals surface area contributed by atoms with Crippen molar-refractivity contribution in [1.82, 2.24) is 19.8 Å². The number of guanidine groups is 1. The fourth-order valence-corrected chi connectivity index (χ4v) is 3.89. The van der Waals surface area contributed by atoms with Gasteiger partial charge in [0.15, 0.2) is 5.96 Å². The van der Waals surface area contributed by atoms with E-state index in [0.717, 1.165) is 44.1 Å². The van der Waals surface area contributed by atoms with Crippen LogP contribution in [-0.2, 0) is 25.9 Å². The van der Waals surface area contributed by atoms with E-state index >= 15 is 0 Å².